The van der Waals surface area contributed by atoms with Gasteiger partial charge in [0.2, 0.25) is 5.95 Å². The quantitative estimate of drug-likeness (QED) is 0.492. The summed E-state index contributed by atoms with van der Waals surface area (Å²) >= 11 is 0. The van der Waals surface area contributed by atoms with E-state index in [9.17, 15) is 4.39 Å². The number of ether oxygens (including phenoxy) is 1. The first-order chi connectivity index (χ1) is 15.2. The number of halogens is 1. The average molecular weight is 413 g/mol. The van der Waals surface area contributed by atoms with Gasteiger partial charge in [0.1, 0.15) is 12.4 Å². The maximum absolute atomic E-state index is 14.8. The van der Waals surface area contributed by atoms with Crippen LogP contribution in [0, 0.1) is 12.7 Å². The second-order valence-electron chi connectivity index (χ2n) is 7.22. The van der Waals surface area contributed by atoms with Gasteiger partial charge in [-0.25, -0.2) is 9.37 Å². The molecule has 3 heterocycles. The van der Waals surface area contributed by atoms with Crippen molar-refractivity contribution in [2.45, 2.75) is 6.92 Å². The van der Waals surface area contributed by atoms with E-state index >= 15 is 0 Å². The summed E-state index contributed by atoms with van der Waals surface area (Å²) in [5.74, 6) is 1.34. The van der Waals surface area contributed by atoms with Crippen LogP contribution in [0.4, 0.5) is 27.5 Å². The van der Waals surface area contributed by atoms with Gasteiger partial charge in [-0.2, -0.15) is 4.98 Å². The zero-order valence-electron chi connectivity index (χ0n) is 16.9. The molecule has 0 bridgehead atoms. The van der Waals surface area contributed by atoms with Crippen LogP contribution in [0.5, 0.6) is 5.75 Å². The van der Waals surface area contributed by atoms with E-state index in [2.05, 4.69) is 25.2 Å². The summed E-state index contributed by atoms with van der Waals surface area (Å²) in [6.45, 7) is 3.12. The maximum atomic E-state index is 14.8. The highest BCUT2D eigenvalue weighted by atomic mass is 19.1. The van der Waals surface area contributed by atoms with E-state index in [0.29, 0.717) is 41.9 Å². The topological polar surface area (TPSA) is 63.2 Å². The van der Waals surface area contributed by atoms with E-state index in [0.717, 1.165) is 16.9 Å². The number of rotatable bonds is 4. The van der Waals surface area contributed by atoms with Crippen molar-refractivity contribution in [1.29, 1.82) is 0 Å². The number of fused-ring (bicyclic) bond motifs is 1. The Kier molecular flexibility index (Phi) is 4.92. The summed E-state index contributed by atoms with van der Waals surface area (Å²) in [6.07, 6.45) is 3.32. The molecule has 7 heteroatoms. The number of aryl methyl sites for hydroxylation is 1. The number of pyridine rings is 1. The summed E-state index contributed by atoms with van der Waals surface area (Å²) in [5.41, 5.74) is 3.74. The van der Waals surface area contributed by atoms with Gasteiger partial charge in [0.15, 0.2) is 11.6 Å². The third kappa shape index (κ3) is 3.90. The lowest BCUT2D eigenvalue weighted by molar-refractivity contribution is 0.310. The van der Waals surface area contributed by atoms with Crippen LogP contribution >= 0.6 is 0 Å². The zero-order valence-corrected chi connectivity index (χ0v) is 16.9. The van der Waals surface area contributed by atoms with Gasteiger partial charge in [-0.05, 0) is 55.0 Å². The number of hydrogen-bond acceptors (Lipinski definition) is 6. The summed E-state index contributed by atoms with van der Waals surface area (Å²) in [6, 6.07) is 18.6. The van der Waals surface area contributed by atoms with Crippen LogP contribution in [-0.4, -0.2) is 28.1 Å². The minimum atomic E-state index is -0.331. The molecule has 31 heavy (non-hydrogen) atoms. The van der Waals surface area contributed by atoms with Crippen LogP contribution in [0.1, 0.15) is 5.69 Å². The number of benzene rings is 2. The molecule has 0 fully saturated rings. The van der Waals surface area contributed by atoms with Crippen molar-refractivity contribution in [3.8, 4) is 16.9 Å². The number of para-hydroxylation sites is 1. The molecule has 0 saturated heterocycles. The van der Waals surface area contributed by atoms with Crippen molar-refractivity contribution in [3.63, 3.8) is 0 Å². The molecule has 0 atom stereocenters. The van der Waals surface area contributed by atoms with Crippen molar-refractivity contribution in [3.05, 3.63) is 84.6 Å². The molecule has 1 aliphatic rings. The lowest BCUT2D eigenvalue weighted by atomic mass is 10.1. The normalized spacial score (nSPS) is 12.8. The van der Waals surface area contributed by atoms with Crippen molar-refractivity contribution >= 4 is 23.1 Å². The Morgan fingerprint density at radius 3 is 2.71 bits per heavy atom. The first kappa shape index (κ1) is 19.0. The number of nitrogens with one attached hydrogen (secondary N) is 1. The molecule has 2 aromatic carbocycles. The number of hydrogen-bond donors (Lipinski definition) is 1. The van der Waals surface area contributed by atoms with E-state index in [1.54, 1.807) is 24.5 Å². The molecule has 1 N–H and O–H groups in total. The van der Waals surface area contributed by atoms with Crippen LogP contribution < -0.4 is 15.0 Å². The molecule has 0 unspecified atom stereocenters. The lowest BCUT2D eigenvalue weighted by Gasteiger charge is -2.30. The molecule has 0 radical (unpaired) electrons. The molecule has 5 rings (SSSR count). The largest absolute Gasteiger partial charge is 0.486 e. The smallest absolute Gasteiger partial charge is 0.229 e. The molecule has 4 aromatic rings. The zero-order chi connectivity index (χ0) is 21.2. The van der Waals surface area contributed by atoms with Crippen LogP contribution in [0.15, 0.2) is 73.1 Å². The van der Waals surface area contributed by atoms with E-state index in [4.69, 9.17) is 4.74 Å². The Morgan fingerprint density at radius 2 is 1.90 bits per heavy atom. The highest BCUT2D eigenvalue weighted by Gasteiger charge is 2.22. The van der Waals surface area contributed by atoms with Gasteiger partial charge in [0.05, 0.1) is 12.7 Å². The maximum Gasteiger partial charge on any atom is 0.229 e. The highest BCUT2D eigenvalue weighted by Crippen LogP contribution is 2.35. The fraction of sp³-hybridized carbons (Fsp3) is 0.125. The molecule has 2 aromatic heterocycles. The van der Waals surface area contributed by atoms with Crippen molar-refractivity contribution in [1.82, 2.24) is 15.0 Å². The predicted molar refractivity (Wildman–Crippen MR) is 119 cm³/mol. The van der Waals surface area contributed by atoms with Crippen LogP contribution in [-0.2, 0) is 0 Å². The third-order valence-corrected chi connectivity index (χ3v) is 5.07. The second-order valence-corrected chi connectivity index (χ2v) is 7.22. The van der Waals surface area contributed by atoms with E-state index < -0.39 is 0 Å². The predicted octanol–water partition coefficient (Wildman–Crippen LogP) is 5.26. The first-order valence-corrected chi connectivity index (χ1v) is 9.99. The van der Waals surface area contributed by atoms with Gasteiger partial charge in [-0.3, -0.25) is 4.98 Å². The molecule has 0 amide bonds. The molecule has 0 saturated carbocycles. The van der Waals surface area contributed by atoms with Crippen molar-refractivity contribution in [2.75, 3.05) is 23.4 Å². The Labute approximate surface area is 179 Å². The minimum absolute atomic E-state index is 0.331. The van der Waals surface area contributed by atoms with Crippen molar-refractivity contribution in [2.24, 2.45) is 0 Å². The fourth-order valence-corrected chi connectivity index (χ4v) is 3.60. The fourth-order valence-electron chi connectivity index (χ4n) is 3.60. The lowest BCUT2D eigenvalue weighted by Crippen LogP contribution is -2.29. The molecule has 154 valence electrons. The third-order valence-electron chi connectivity index (χ3n) is 5.07. The molecule has 6 nitrogen and oxygen atoms in total. The van der Waals surface area contributed by atoms with Gasteiger partial charge in [-0.1, -0.05) is 18.2 Å². The van der Waals surface area contributed by atoms with Gasteiger partial charge in [0, 0.05) is 28.8 Å². The van der Waals surface area contributed by atoms with Crippen LogP contribution in [0.3, 0.4) is 0 Å². The molecular formula is C24H20FN5O. The molecule has 0 spiro atoms. The van der Waals surface area contributed by atoms with Crippen LogP contribution in [0.25, 0.3) is 11.1 Å². The van der Waals surface area contributed by atoms with Gasteiger partial charge in [0.25, 0.3) is 0 Å². The van der Waals surface area contributed by atoms with Gasteiger partial charge < -0.3 is 15.0 Å². The van der Waals surface area contributed by atoms with Crippen LogP contribution in [0.2, 0.25) is 0 Å². The van der Waals surface area contributed by atoms with Gasteiger partial charge in [-0.15, -0.1) is 0 Å². The Bertz CT molecular complexity index is 1230. The average Bonchev–Trinajstić information content (AvgIpc) is 2.79. The Balaban J connectivity index is 1.43. The summed E-state index contributed by atoms with van der Waals surface area (Å²) in [5, 5.41) is 3.10. The summed E-state index contributed by atoms with van der Waals surface area (Å²) < 4.78 is 20.5. The summed E-state index contributed by atoms with van der Waals surface area (Å²) in [7, 11) is 0. The van der Waals surface area contributed by atoms with Gasteiger partial charge >= 0.3 is 0 Å². The first-order valence-electron chi connectivity index (χ1n) is 9.99. The Morgan fingerprint density at radius 1 is 1.03 bits per heavy atom. The van der Waals surface area contributed by atoms with E-state index in [-0.39, 0.29) is 5.82 Å². The van der Waals surface area contributed by atoms with E-state index in [1.807, 2.05) is 49.4 Å². The minimum Gasteiger partial charge on any atom is -0.486 e. The van der Waals surface area contributed by atoms with Crippen molar-refractivity contribution < 1.29 is 9.13 Å². The van der Waals surface area contributed by atoms with E-state index in [1.165, 1.54) is 6.07 Å². The monoisotopic (exact) mass is 413 g/mol. The SMILES string of the molecule is Cc1cc(-c2ccc(Nc3ncc4c(n3)N(c3ccccc3)CCO4)cc2F)ccn1. The highest BCUT2D eigenvalue weighted by molar-refractivity contribution is 5.70. The number of aromatic nitrogens is 3. The number of anilines is 4. The Hall–Kier alpha value is -4.00. The standard InChI is InChI=1S/C24H20FN5O/c1-16-13-17(9-10-26-16)20-8-7-18(14-21(20)25)28-24-27-15-22-23(29-24)30(11-12-31-22)19-5-3-2-4-6-19/h2-10,13-15H,11-12H2,1H3,(H,27,28,29). The number of nitrogens with zero attached hydrogens (tertiary/aromatic N) is 4. The summed E-state index contributed by atoms with van der Waals surface area (Å²) in [4.78, 5) is 15.2. The second kappa shape index (κ2) is 8.02. The molecule has 0 aliphatic carbocycles. The molecule has 1 aliphatic heterocycles. The molecular weight excluding hydrogens is 393 g/mol.